The first kappa shape index (κ1) is 14.8. The number of likely N-dealkylation sites (tertiary alicyclic amines) is 1. The second-order valence-electron chi connectivity index (χ2n) is 5.24. The van der Waals surface area contributed by atoms with E-state index in [0.717, 1.165) is 6.42 Å². The Morgan fingerprint density at radius 3 is 2.85 bits per heavy atom. The summed E-state index contributed by atoms with van der Waals surface area (Å²) in [5.41, 5.74) is 0.882. The van der Waals surface area contributed by atoms with E-state index in [-0.39, 0.29) is 17.6 Å². The number of benzene rings is 1. The second kappa shape index (κ2) is 5.79. The number of rotatable bonds is 3. The van der Waals surface area contributed by atoms with Gasteiger partial charge in [-0.2, -0.15) is 0 Å². The minimum Gasteiger partial charge on any atom is -0.334 e. The third kappa shape index (κ3) is 2.63. The van der Waals surface area contributed by atoms with E-state index in [4.69, 9.17) is 11.6 Å². The standard InChI is InChI=1S/C14H17ClN2O3/c1-9-3-4-11(7-12(9)17(19)20)14(18)16-6-5-10(2)13(16)8-15/h3-4,7,10,13H,5-6,8H2,1-2H3. The van der Waals surface area contributed by atoms with Gasteiger partial charge in [-0.3, -0.25) is 14.9 Å². The lowest BCUT2D eigenvalue weighted by Crippen LogP contribution is -2.38. The maximum atomic E-state index is 12.5. The predicted octanol–water partition coefficient (Wildman–Crippen LogP) is 2.99. The van der Waals surface area contributed by atoms with E-state index in [9.17, 15) is 14.9 Å². The van der Waals surface area contributed by atoms with Crippen molar-refractivity contribution in [1.29, 1.82) is 0 Å². The van der Waals surface area contributed by atoms with Gasteiger partial charge in [0.1, 0.15) is 0 Å². The zero-order valence-electron chi connectivity index (χ0n) is 11.5. The maximum Gasteiger partial charge on any atom is 0.273 e. The van der Waals surface area contributed by atoms with Gasteiger partial charge in [0, 0.05) is 35.7 Å². The van der Waals surface area contributed by atoms with Crippen molar-refractivity contribution in [2.24, 2.45) is 5.92 Å². The summed E-state index contributed by atoms with van der Waals surface area (Å²) in [6.45, 7) is 4.38. The Labute approximate surface area is 122 Å². The van der Waals surface area contributed by atoms with E-state index in [1.165, 1.54) is 6.07 Å². The van der Waals surface area contributed by atoms with Crippen LogP contribution in [0.4, 0.5) is 5.69 Å². The summed E-state index contributed by atoms with van der Waals surface area (Å²) in [4.78, 5) is 24.7. The Kier molecular flexibility index (Phi) is 4.28. The van der Waals surface area contributed by atoms with E-state index in [0.29, 0.717) is 29.5 Å². The van der Waals surface area contributed by atoms with Crippen LogP contribution in [-0.2, 0) is 0 Å². The average Bonchev–Trinajstić information content (AvgIpc) is 2.79. The van der Waals surface area contributed by atoms with Crippen LogP contribution >= 0.6 is 11.6 Å². The molecule has 1 fully saturated rings. The highest BCUT2D eigenvalue weighted by Crippen LogP contribution is 2.28. The molecule has 1 aliphatic rings. The maximum absolute atomic E-state index is 12.5. The Morgan fingerprint density at radius 1 is 1.55 bits per heavy atom. The number of halogens is 1. The fourth-order valence-electron chi connectivity index (χ4n) is 2.60. The monoisotopic (exact) mass is 296 g/mol. The van der Waals surface area contributed by atoms with Gasteiger partial charge in [0.15, 0.2) is 0 Å². The van der Waals surface area contributed by atoms with Gasteiger partial charge in [-0.1, -0.05) is 13.0 Å². The van der Waals surface area contributed by atoms with E-state index >= 15 is 0 Å². The number of alkyl halides is 1. The molecule has 0 aliphatic carbocycles. The number of aryl methyl sites for hydroxylation is 1. The van der Waals surface area contributed by atoms with Crippen LogP contribution in [0.25, 0.3) is 0 Å². The molecule has 1 aliphatic heterocycles. The molecule has 1 heterocycles. The van der Waals surface area contributed by atoms with Crippen molar-refractivity contribution < 1.29 is 9.72 Å². The molecule has 0 bridgehead atoms. The van der Waals surface area contributed by atoms with E-state index in [2.05, 4.69) is 6.92 Å². The highest BCUT2D eigenvalue weighted by molar-refractivity contribution is 6.18. The molecule has 0 N–H and O–H groups in total. The summed E-state index contributed by atoms with van der Waals surface area (Å²) >= 11 is 5.93. The van der Waals surface area contributed by atoms with Gasteiger partial charge in [0.25, 0.3) is 11.6 Å². The topological polar surface area (TPSA) is 63.5 Å². The number of hydrogen-bond acceptors (Lipinski definition) is 3. The molecule has 108 valence electrons. The highest BCUT2D eigenvalue weighted by atomic mass is 35.5. The van der Waals surface area contributed by atoms with Crippen LogP contribution in [0.15, 0.2) is 18.2 Å². The molecule has 1 aromatic rings. The van der Waals surface area contributed by atoms with Crippen LogP contribution in [-0.4, -0.2) is 34.2 Å². The first-order valence-electron chi connectivity index (χ1n) is 6.57. The lowest BCUT2D eigenvalue weighted by atomic mass is 10.0. The predicted molar refractivity (Wildman–Crippen MR) is 77.2 cm³/mol. The Morgan fingerprint density at radius 2 is 2.25 bits per heavy atom. The van der Waals surface area contributed by atoms with Crippen molar-refractivity contribution in [3.63, 3.8) is 0 Å². The number of nitrogens with zero attached hydrogens (tertiary/aromatic N) is 2. The van der Waals surface area contributed by atoms with Gasteiger partial charge in [0.2, 0.25) is 0 Å². The lowest BCUT2D eigenvalue weighted by Gasteiger charge is -2.25. The molecule has 1 aromatic carbocycles. The number of nitro groups is 1. The summed E-state index contributed by atoms with van der Waals surface area (Å²) in [7, 11) is 0. The summed E-state index contributed by atoms with van der Waals surface area (Å²) < 4.78 is 0. The fraction of sp³-hybridized carbons (Fsp3) is 0.500. The van der Waals surface area contributed by atoms with Gasteiger partial charge in [0.05, 0.1) is 4.92 Å². The van der Waals surface area contributed by atoms with Crippen molar-refractivity contribution in [3.8, 4) is 0 Å². The average molecular weight is 297 g/mol. The minimum atomic E-state index is -0.461. The largest absolute Gasteiger partial charge is 0.334 e. The minimum absolute atomic E-state index is 0.00419. The molecule has 0 saturated carbocycles. The summed E-state index contributed by atoms with van der Waals surface area (Å²) in [5.74, 6) is 0.570. The van der Waals surface area contributed by atoms with Crippen LogP contribution in [0.5, 0.6) is 0 Å². The third-order valence-electron chi connectivity index (χ3n) is 3.95. The van der Waals surface area contributed by atoms with Crippen LogP contribution < -0.4 is 0 Å². The normalized spacial score (nSPS) is 22.1. The number of hydrogen-bond donors (Lipinski definition) is 0. The van der Waals surface area contributed by atoms with Crippen molar-refractivity contribution in [2.75, 3.05) is 12.4 Å². The first-order chi connectivity index (χ1) is 9.45. The van der Waals surface area contributed by atoms with Gasteiger partial charge in [-0.15, -0.1) is 11.6 Å². The SMILES string of the molecule is Cc1ccc(C(=O)N2CCC(C)C2CCl)cc1[N+](=O)[O-]. The molecule has 2 unspecified atom stereocenters. The van der Waals surface area contributed by atoms with Gasteiger partial charge in [-0.25, -0.2) is 0 Å². The van der Waals surface area contributed by atoms with E-state index in [1.807, 2.05) is 0 Å². The third-order valence-corrected chi connectivity index (χ3v) is 4.27. The molecule has 5 nitrogen and oxygen atoms in total. The summed E-state index contributed by atoms with van der Waals surface area (Å²) in [6.07, 6.45) is 0.914. The molecule has 0 radical (unpaired) electrons. The summed E-state index contributed by atoms with van der Waals surface area (Å²) in [6, 6.07) is 4.61. The lowest BCUT2D eigenvalue weighted by molar-refractivity contribution is -0.385. The zero-order valence-corrected chi connectivity index (χ0v) is 12.3. The summed E-state index contributed by atoms with van der Waals surface area (Å²) in [5, 5.41) is 10.9. The number of carbonyl (C=O) groups excluding carboxylic acids is 1. The molecule has 2 atom stereocenters. The number of nitro benzene ring substituents is 1. The molecule has 1 amide bonds. The molecular weight excluding hydrogens is 280 g/mol. The zero-order chi connectivity index (χ0) is 14.9. The van der Waals surface area contributed by atoms with Crippen LogP contribution in [0, 0.1) is 23.0 Å². The quantitative estimate of drug-likeness (QED) is 0.489. The van der Waals surface area contributed by atoms with Gasteiger partial charge >= 0.3 is 0 Å². The molecule has 1 saturated heterocycles. The van der Waals surface area contributed by atoms with Crippen LogP contribution in [0.2, 0.25) is 0 Å². The second-order valence-corrected chi connectivity index (χ2v) is 5.55. The van der Waals surface area contributed by atoms with Gasteiger partial charge in [-0.05, 0) is 25.3 Å². The van der Waals surface area contributed by atoms with E-state index < -0.39 is 4.92 Å². The smallest absolute Gasteiger partial charge is 0.273 e. The van der Waals surface area contributed by atoms with Crippen molar-refractivity contribution in [3.05, 3.63) is 39.4 Å². The van der Waals surface area contributed by atoms with Crippen molar-refractivity contribution in [1.82, 2.24) is 4.90 Å². The highest BCUT2D eigenvalue weighted by Gasteiger charge is 2.34. The van der Waals surface area contributed by atoms with Crippen molar-refractivity contribution in [2.45, 2.75) is 26.3 Å². The van der Waals surface area contributed by atoms with Crippen LogP contribution in [0.1, 0.15) is 29.3 Å². The van der Waals surface area contributed by atoms with Crippen molar-refractivity contribution >= 4 is 23.2 Å². The molecule has 2 rings (SSSR count). The first-order valence-corrected chi connectivity index (χ1v) is 7.11. The molecule has 20 heavy (non-hydrogen) atoms. The number of carbonyl (C=O) groups is 1. The number of amides is 1. The molecular formula is C14H17ClN2O3. The molecule has 6 heteroatoms. The fourth-order valence-corrected chi connectivity index (χ4v) is 3.07. The molecule has 0 aromatic heterocycles. The van der Waals surface area contributed by atoms with E-state index in [1.54, 1.807) is 24.0 Å². The Hall–Kier alpha value is -1.62. The Balaban J connectivity index is 2.30. The Bertz CT molecular complexity index is 547. The van der Waals surface area contributed by atoms with Gasteiger partial charge < -0.3 is 4.90 Å². The van der Waals surface area contributed by atoms with Crippen LogP contribution in [0.3, 0.4) is 0 Å². The molecule has 0 spiro atoms.